The van der Waals surface area contributed by atoms with Gasteiger partial charge in [-0.3, -0.25) is 0 Å². The average Bonchev–Trinajstić information content (AvgIpc) is 3.17. The molecule has 114 valence electrons. The second-order valence-electron chi connectivity index (χ2n) is 6.18. The molecule has 1 aromatic heterocycles. The van der Waals surface area contributed by atoms with Crippen molar-refractivity contribution in [2.45, 2.75) is 64.8 Å². The first-order valence-corrected chi connectivity index (χ1v) is 8.24. The zero-order valence-electron chi connectivity index (χ0n) is 13.3. The third-order valence-corrected chi connectivity index (χ3v) is 5.41. The molecule has 1 fully saturated rings. The lowest BCUT2D eigenvalue weighted by atomic mass is 10.0. The molecule has 4 nitrogen and oxygen atoms in total. The summed E-state index contributed by atoms with van der Waals surface area (Å²) >= 11 is 1.79. The predicted octanol–water partition coefficient (Wildman–Crippen LogP) is 3.17. The van der Waals surface area contributed by atoms with Crippen molar-refractivity contribution < 1.29 is 4.74 Å². The average molecular weight is 297 g/mol. The summed E-state index contributed by atoms with van der Waals surface area (Å²) in [6, 6.07) is 0.723. The first kappa shape index (κ1) is 15.7. The fourth-order valence-corrected chi connectivity index (χ4v) is 3.06. The van der Waals surface area contributed by atoms with Crippen LogP contribution >= 0.6 is 11.3 Å². The van der Waals surface area contributed by atoms with E-state index >= 15 is 0 Å². The van der Waals surface area contributed by atoms with Crippen LogP contribution in [0.5, 0.6) is 0 Å². The van der Waals surface area contributed by atoms with Gasteiger partial charge in [0.2, 0.25) is 0 Å². The van der Waals surface area contributed by atoms with Crippen LogP contribution < -0.4 is 10.2 Å². The maximum atomic E-state index is 5.29. The summed E-state index contributed by atoms with van der Waals surface area (Å²) in [5, 5.41) is 4.67. The molecule has 0 unspecified atom stereocenters. The van der Waals surface area contributed by atoms with Crippen LogP contribution in [0.1, 0.15) is 50.6 Å². The number of hydrogen-bond donors (Lipinski definition) is 1. The van der Waals surface area contributed by atoms with Crippen molar-refractivity contribution in [2.24, 2.45) is 0 Å². The van der Waals surface area contributed by atoms with Gasteiger partial charge in [-0.15, -0.1) is 11.3 Å². The fraction of sp³-hybridized carbons (Fsp3) is 0.800. The van der Waals surface area contributed by atoms with Crippen LogP contribution in [0.3, 0.4) is 0 Å². The third-order valence-electron chi connectivity index (χ3n) is 4.24. The molecule has 1 heterocycles. The van der Waals surface area contributed by atoms with Crippen LogP contribution in [0.2, 0.25) is 0 Å². The Labute approximate surface area is 126 Å². The summed E-state index contributed by atoms with van der Waals surface area (Å²) in [7, 11) is 3.87. The number of ether oxygens (including phenoxy) is 1. The second kappa shape index (κ2) is 6.41. The molecule has 2 rings (SSSR count). The van der Waals surface area contributed by atoms with E-state index in [0.717, 1.165) is 29.8 Å². The molecule has 1 N–H and O–H groups in total. The van der Waals surface area contributed by atoms with Crippen molar-refractivity contribution in [3.05, 3.63) is 10.6 Å². The number of anilines is 1. The normalized spacial score (nSPS) is 15.7. The minimum absolute atomic E-state index is 0.128. The van der Waals surface area contributed by atoms with Gasteiger partial charge in [0.05, 0.1) is 12.3 Å². The number of hydrogen-bond acceptors (Lipinski definition) is 5. The van der Waals surface area contributed by atoms with Gasteiger partial charge in [0, 0.05) is 37.2 Å². The summed E-state index contributed by atoms with van der Waals surface area (Å²) in [6.07, 6.45) is 3.72. The highest BCUT2D eigenvalue weighted by Crippen LogP contribution is 2.32. The van der Waals surface area contributed by atoms with Crippen LogP contribution in [0, 0.1) is 0 Å². The zero-order valence-corrected chi connectivity index (χ0v) is 14.1. The van der Waals surface area contributed by atoms with E-state index in [4.69, 9.17) is 9.72 Å². The third kappa shape index (κ3) is 3.71. The van der Waals surface area contributed by atoms with E-state index in [1.54, 1.807) is 18.4 Å². The molecule has 1 aliphatic carbocycles. The van der Waals surface area contributed by atoms with E-state index in [1.165, 1.54) is 17.7 Å². The van der Waals surface area contributed by atoms with Crippen LogP contribution in [-0.2, 0) is 17.9 Å². The minimum atomic E-state index is 0.128. The Bertz CT molecular complexity index is 440. The molecule has 0 radical (unpaired) electrons. The van der Waals surface area contributed by atoms with Gasteiger partial charge in [-0.25, -0.2) is 4.98 Å². The van der Waals surface area contributed by atoms with Crippen molar-refractivity contribution >= 4 is 16.5 Å². The molecule has 1 aliphatic rings. The molecule has 1 saturated carbocycles. The van der Waals surface area contributed by atoms with Crippen LogP contribution in [0.25, 0.3) is 0 Å². The molecule has 5 heteroatoms. The Morgan fingerprint density at radius 3 is 2.70 bits per heavy atom. The number of nitrogens with zero attached hydrogens (tertiary/aromatic N) is 2. The molecule has 20 heavy (non-hydrogen) atoms. The maximum Gasteiger partial charge on any atom is 0.186 e. The number of rotatable bonds is 8. The maximum absolute atomic E-state index is 5.29. The molecular formula is C15H27N3OS. The van der Waals surface area contributed by atoms with Gasteiger partial charge in [0.25, 0.3) is 0 Å². The Hall–Kier alpha value is -0.650. The largest absolute Gasteiger partial charge is 0.378 e. The summed E-state index contributed by atoms with van der Waals surface area (Å²) in [5.41, 5.74) is 1.21. The van der Waals surface area contributed by atoms with E-state index in [-0.39, 0.29) is 5.54 Å². The summed E-state index contributed by atoms with van der Waals surface area (Å²) in [4.78, 5) is 8.39. The molecule has 1 aromatic rings. The number of nitrogens with one attached hydrogen (secondary N) is 1. The van der Waals surface area contributed by atoms with E-state index in [9.17, 15) is 0 Å². The number of thiazole rings is 1. The Morgan fingerprint density at radius 2 is 2.15 bits per heavy atom. The van der Waals surface area contributed by atoms with E-state index in [2.05, 4.69) is 38.0 Å². The predicted molar refractivity (Wildman–Crippen MR) is 85.5 cm³/mol. The van der Waals surface area contributed by atoms with Gasteiger partial charge in [-0.1, -0.05) is 6.92 Å². The Balaban J connectivity index is 2.13. The summed E-state index contributed by atoms with van der Waals surface area (Å²) in [6.45, 7) is 8.24. The minimum Gasteiger partial charge on any atom is -0.378 e. The molecule has 0 aliphatic heterocycles. The van der Waals surface area contributed by atoms with E-state index < -0.39 is 0 Å². The highest BCUT2D eigenvalue weighted by Gasteiger charge is 2.26. The summed E-state index contributed by atoms with van der Waals surface area (Å²) in [5.74, 6) is 0. The van der Waals surface area contributed by atoms with Crippen LogP contribution in [0.15, 0.2) is 0 Å². The molecule has 0 aromatic carbocycles. The number of aromatic nitrogens is 1. The quantitative estimate of drug-likeness (QED) is 0.800. The molecule has 0 spiro atoms. The van der Waals surface area contributed by atoms with Crippen molar-refractivity contribution in [3.8, 4) is 0 Å². The second-order valence-corrected chi connectivity index (χ2v) is 7.24. The highest BCUT2D eigenvalue weighted by molar-refractivity contribution is 7.15. The number of methoxy groups -OCH3 is 1. The Kier molecular flexibility index (Phi) is 5.04. The van der Waals surface area contributed by atoms with Gasteiger partial charge < -0.3 is 15.0 Å². The standard InChI is InChI=1S/C15H27N3OS/c1-6-15(2,3)18(4)14-17-12(10-19-5)13(20-14)9-16-11-7-8-11/h11,16H,6-10H2,1-5H3. The highest BCUT2D eigenvalue weighted by atomic mass is 32.1. The summed E-state index contributed by atoms with van der Waals surface area (Å²) < 4.78 is 5.29. The van der Waals surface area contributed by atoms with Gasteiger partial charge in [0.1, 0.15) is 0 Å². The van der Waals surface area contributed by atoms with E-state index in [1.807, 2.05) is 0 Å². The van der Waals surface area contributed by atoms with Crippen molar-refractivity contribution in [3.63, 3.8) is 0 Å². The van der Waals surface area contributed by atoms with Crippen molar-refractivity contribution in [1.82, 2.24) is 10.3 Å². The first-order chi connectivity index (χ1) is 9.47. The molecule has 0 bridgehead atoms. The fourth-order valence-electron chi connectivity index (χ4n) is 1.92. The smallest absolute Gasteiger partial charge is 0.186 e. The SMILES string of the molecule is CCC(C)(C)N(C)c1nc(COC)c(CNC2CC2)s1. The van der Waals surface area contributed by atoms with Gasteiger partial charge in [-0.2, -0.15) is 0 Å². The molecule has 0 atom stereocenters. The van der Waals surface area contributed by atoms with Gasteiger partial charge in [-0.05, 0) is 33.1 Å². The van der Waals surface area contributed by atoms with Gasteiger partial charge in [0.15, 0.2) is 5.13 Å². The molecular weight excluding hydrogens is 270 g/mol. The van der Waals surface area contributed by atoms with Crippen LogP contribution in [-0.4, -0.2) is 30.7 Å². The van der Waals surface area contributed by atoms with Crippen molar-refractivity contribution in [1.29, 1.82) is 0 Å². The lowest BCUT2D eigenvalue weighted by Gasteiger charge is -2.34. The van der Waals surface area contributed by atoms with Crippen molar-refractivity contribution in [2.75, 3.05) is 19.1 Å². The lowest BCUT2D eigenvalue weighted by Crippen LogP contribution is -2.40. The topological polar surface area (TPSA) is 37.4 Å². The zero-order chi connectivity index (χ0) is 14.8. The van der Waals surface area contributed by atoms with Crippen LogP contribution in [0.4, 0.5) is 5.13 Å². The van der Waals surface area contributed by atoms with E-state index in [0.29, 0.717) is 6.61 Å². The lowest BCUT2D eigenvalue weighted by molar-refractivity contribution is 0.181. The monoisotopic (exact) mass is 297 g/mol. The van der Waals surface area contributed by atoms with Gasteiger partial charge >= 0.3 is 0 Å². The molecule has 0 saturated heterocycles. The Morgan fingerprint density at radius 1 is 1.45 bits per heavy atom. The first-order valence-electron chi connectivity index (χ1n) is 7.42. The molecule has 0 amide bonds.